The van der Waals surface area contributed by atoms with Gasteiger partial charge < -0.3 is 10.3 Å². The van der Waals surface area contributed by atoms with Crippen LogP contribution in [0.2, 0.25) is 0 Å². The molecule has 0 amide bonds. The van der Waals surface area contributed by atoms with Gasteiger partial charge in [-0.1, -0.05) is 6.42 Å². The third-order valence-corrected chi connectivity index (χ3v) is 5.33. The van der Waals surface area contributed by atoms with Crippen LogP contribution in [0.15, 0.2) is 17.2 Å². The molecule has 5 nitrogen and oxygen atoms in total. The van der Waals surface area contributed by atoms with Gasteiger partial charge in [0.2, 0.25) is 10.0 Å². The van der Waals surface area contributed by atoms with Crippen LogP contribution in [0.4, 0.5) is 0 Å². The van der Waals surface area contributed by atoms with Crippen LogP contribution in [0.25, 0.3) is 0 Å². The van der Waals surface area contributed by atoms with E-state index in [2.05, 4.69) is 10.3 Å². The van der Waals surface area contributed by atoms with Gasteiger partial charge in [-0.05, 0) is 31.9 Å². The fraction of sp³-hybridized carbons (Fsp3) is 0.667. The second kappa shape index (κ2) is 5.42. The van der Waals surface area contributed by atoms with Crippen LogP contribution in [0.1, 0.15) is 25.0 Å². The molecule has 0 radical (unpaired) electrons. The van der Waals surface area contributed by atoms with Crippen LogP contribution in [0.3, 0.4) is 0 Å². The van der Waals surface area contributed by atoms with Crippen molar-refractivity contribution in [3.63, 3.8) is 0 Å². The topological polar surface area (TPSA) is 65.2 Å². The molecule has 0 atom stereocenters. The second-order valence-corrected chi connectivity index (χ2v) is 7.02. The molecule has 1 saturated carbocycles. The van der Waals surface area contributed by atoms with Crippen molar-refractivity contribution < 1.29 is 8.42 Å². The number of H-pyrrole nitrogens is 1. The number of sulfonamides is 1. The first-order valence-electron chi connectivity index (χ1n) is 6.32. The summed E-state index contributed by atoms with van der Waals surface area (Å²) >= 11 is 0. The lowest BCUT2D eigenvalue weighted by Gasteiger charge is -2.29. The zero-order valence-corrected chi connectivity index (χ0v) is 11.8. The van der Waals surface area contributed by atoms with Crippen LogP contribution in [-0.4, -0.2) is 38.3 Å². The van der Waals surface area contributed by atoms with E-state index in [0.717, 1.165) is 18.5 Å². The minimum atomic E-state index is -3.33. The Labute approximate surface area is 109 Å². The molecule has 1 aromatic heterocycles. The van der Waals surface area contributed by atoms with Crippen LogP contribution in [0.5, 0.6) is 0 Å². The molecule has 1 fully saturated rings. The van der Waals surface area contributed by atoms with Crippen molar-refractivity contribution in [3.8, 4) is 0 Å². The zero-order chi connectivity index (χ0) is 13.2. The minimum Gasteiger partial charge on any atom is -0.363 e. The molecular formula is C12H21N3O2S. The van der Waals surface area contributed by atoms with E-state index >= 15 is 0 Å². The lowest BCUT2D eigenvalue weighted by molar-refractivity contribution is 0.263. The Morgan fingerprint density at radius 1 is 1.50 bits per heavy atom. The smallest absolute Gasteiger partial charge is 0.244 e. The van der Waals surface area contributed by atoms with Gasteiger partial charge in [0.25, 0.3) is 0 Å². The average Bonchev–Trinajstić information content (AvgIpc) is 2.72. The van der Waals surface area contributed by atoms with Gasteiger partial charge in [0.1, 0.15) is 0 Å². The maximum Gasteiger partial charge on any atom is 0.244 e. The quantitative estimate of drug-likeness (QED) is 0.816. The van der Waals surface area contributed by atoms with Crippen LogP contribution in [0, 0.1) is 5.92 Å². The molecule has 6 heteroatoms. The summed E-state index contributed by atoms with van der Waals surface area (Å²) < 4.78 is 26.1. The number of nitrogens with one attached hydrogen (secondary N) is 2. The van der Waals surface area contributed by atoms with E-state index < -0.39 is 10.0 Å². The highest BCUT2D eigenvalue weighted by Gasteiger charge is 2.27. The molecule has 0 spiro atoms. The van der Waals surface area contributed by atoms with Gasteiger partial charge in [-0.15, -0.1) is 0 Å². The molecule has 1 aromatic rings. The summed E-state index contributed by atoms with van der Waals surface area (Å²) in [5.41, 5.74) is 0.883. The molecule has 0 aliphatic heterocycles. The molecule has 1 heterocycles. The lowest BCUT2D eigenvalue weighted by Crippen LogP contribution is -2.34. The normalized spacial score (nSPS) is 17.1. The van der Waals surface area contributed by atoms with Crippen LogP contribution in [-0.2, 0) is 16.6 Å². The number of aromatic nitrogens is 1. The van der Waals surface area contributed by atoms with Crippen molar-refractivity contribution in [2.75, 3.05) is 20.6 Å². The second-order valence-electron chi connectivity index (χ2n) is 4.97. The maximum atomic E-state index is 12.3. The van der Waals surface area contributed by atoms with E-state index in [4.69, 9.17) is 0 Å². The number of nitrogens with zero attached hydrogens (tertiary/aromatic N) is 1. The zero-order valence-electron chi connectivity index (χ0n) is 10.9. The van der Waals surface area contributed by atoms with Crippen LogP contribution < -0.4 is 5.32 Å². The molecule has 0 aromatic carbocycles. The number of hydrogen-bond donors (Lipinski definition) is 2. The summed E-state index contributed by atoms with van der Waals surface area (Å²) in [4.78, 5) is 3.34. The van der Waals surface area contributed by atoms with Gasteiger partial charge in [0.05, 0.1) is 4.90 Å². The molecular weight excluding hydrogens is 250 g/mol. The highest BCUT2D eigenvalue weighted by atomic mass is 32.2. The summed E-state index contributed by atoms with van der Waals surface area (Å²) in [5.74, 6) is 0.542. The number of rotatable bonds is 6. The Hall–Kier alpha value is -0.850. The predicted molar refractivity (Wildman–Crippen MR) is 70.7 cm³/mol. The van der Waals surface area contributed by atoms with Crippen molar-refractivity contribution in [3.05, 3.63) is 18.0 Å². The Balaban J connectivity index is 2.07. The average molecular weight is 271 g/mol. The van der Waals surface area contributed by atoms with Crippen molar-refractivity contribution in [1.29, 1.82) is 0 Å². The summed E-state index contributed by atoms with van der Waals surface area (Å²) in [6.45, 7) is 1.27. The minimum absolute atomic E-state index is 0.356. The molecule has 18 heavy (non-hydrogen) atoms. The highest BCUT2D eigenvalue weighted by molar-refractivity contribution is 7.89. The van der Waals surface area contributed by atoms with E-state index in [1.807, 2.05) is 7.05 Å². The van der Waals surface area contributed by atoms with Crippen molar-refractivity contribution in [2.45, 2.75) is 30.7 Å². The van der Waals surface area contributed by atoms with Crippen molar-refractivity contribution in [1.82, 2.24) is 14.6 Å². The molecule has 0 saturated heterocycles. The predicted octanol–water partition coefficient (Wildman–Crippen LogP) is 1.15. The summed E-state index contributed by atoms with van der Waals surface area (Å²) in [6, 6.07) is 1.70. The molecule has 2 rings (SSSR count). The lowest BCUT2D eigenvalue weighted by atomic mass is 9.86. The molecule has 1 aliphatic carbocycles. The van der Waals surface area contributed by atoms with Gasteiger partial charge in [0, 0.05) is 32.0 Å². The third kappa shape index (κ3) is 2.76. The van der Waals surface area contributed by atoms with Gasteiger partial charge in [-0.2, -0.15) is 0 Å². The molecule has 102 valence electrons. The van der Waals surface area contributed by atoms with Gasteiger partial charge in [0.15, 0.2) is 0 Å². The first-order chi connectivity index (χ1) is 8.54. The highest BCUT2D eigenvalue weighted by Crippen LogP contribution is 2.28. The van der Waals surface area contributed by atoms with E-state index in [-0.39, 0.29) is 0 Å². The van der Waals surface area contributed by atoms with Crippen LogP contribution >= 0.6 is 0 Å². The number of hydrogen-bond acceptors (Lipinski definition) is 3. The Kier molecular flexibility index (Phi) is 4.09. The Bertz CT molecular complexity index is 491. The largest absolute Gasteiger partial charge is 0.363 e. The first kappa shape index (κ1) is 13.6. The van der Waals surface area contributed by atoms with E-state index in [9.17, 15) is 8.42 Å². The van der Waals surface area contributed by atoms with Gasteiger partial charge in [-0.25, -0.2) is 12.7 Å². The monoisotopic (exact) mass is 271 g/mol. The fourth-order valence-corrected chi connectivity index (χ4v) is 3.44. The molecule has 1 aliphatic rings. The van der Waals surface area contributed by atoms with E-state index in [0.29, 0.717) is 23.9 Å². The summed E-state index contributed by atoms with van der Waals surface area (Å²) in [5, 5.41) is 2.99. The van der Waals surface area contributed by atoms with E-state index in [1.165, 1.54) is 10.7 Å². The maximum absolute atomic E-state index is 12.3. The molecule has 0 bridgehead atoms. The standard InChI is InChI=1S/C12H21N3O2S/c1-13-7-11-6-12(8-14-11)18(16,17)15(2)9-10-4-3-5-10/h6,8,10,13-14H,3-5,7,9H2,1-2H3. The molecule has 2 N–H and O–H groups in total. The van der Waals surface area contributed by atoms with Gasteiger partial charge in [-0.3, -0.25) is 0 Å². The van der Waals surface area contributed by atoms with Gasteiger partial charge >= 0.3 is 0 Å². The number of aromatic amines is 1. The summed E-state index contributed by atoms with van der Waals surface area (Å²) in [7, 11) is 0.163. The third-order valence-electron chi connectivity index (χ3n) is 3.53. The summed E-state index contributed by atoms with van der Waals surface area (Å²) in [6.07, 6.45) is 5.10. The van der Waals surface area contributed by atoms with E-state index in [1.54, 1.807) is 19.3 Å². The Morgan fingerprint density at radius 2 is 2.22 bits per heavy atom. The molecule has 0 unspecified atom stereocenters. The SMILES string of the molecule is CNCc1cc(S(=O)(=O)N(C)CC2CCC2)c[nH]1. The first-order valence-corrected chi connectivity index (χ1v) is 7.76. The van der Waals surface area contributed by atoms with Crippen molar-refractivity contribution >= 4 is 10.0 Å². The Morgan fingerprint density at radius 3 is 2.78 bits per heavy atom. The van der Waals surface area contributed by atoms with Crippen molar-refractivity contribution in [2.24, 2.45) is 5.92 Å². The fourth-order valence-electron chi connectivity index (χ4n) is 2.18.